The van der Waals surface area contributed by atoms with Crippen molar-refractivity contribution in [2.75, 3.05) is 26.7 Å². The van der Waals surface area contributed by atoms with Gasteiger partial charge in [0.15, 0.2) is 5.96 Å². The van der Waals surface area contributed by atoms with E-state index in [9.17, 15) is 4.39 Å². The summed E-state index contributed by atoms with van der Waals surface area (Å²) in [5.41, 5.74) is 1.60. The summed E-state index contributed by atoms with van der Waals surface area (Å²) < 4.78 is 13.6. The summed E-state index contributed by atoms with van der Waals surface area (Å²) in [5.74, 6) is 0.635. The van der Waals surface area contributed by atoms with E-state index in [1.807, 2.05) is 12.1 Å². The Kier molecular flexibility index (Phi) is 9.58. The van der Waals surface area contributed by atoms with E-state index < -0.39 is 0 Å². The molecule has 1 aromatic rings. The molecular formula is C18H30FIN4. The molecule has 0 atom stereocenters. The number of nitrogens with zero attached hydrogens (tertiary/aromatic N) is 2. The van der Waals surface area contributed by atoms with Crippen LogP contribution in [0.3, 0.4) is 0 Å². The fourth-order valence-corrected chi connectivity index (χ4v) is 2.94. The number of hydrogen-bond acceptors (Lipinski definition) is 2. The van der Waals surface area contributed by atoms with Crippen molar-refractivity contribution in [3.63, 3.8) is 0 Å². The fourth-order valence-electron chi connectivity index (χ4n) is 2.94. The molecule has 1 aromatic carbocycles. The molecular weight excluding hydrogens is 418 g/mol. The molecule has 1 aliphatic heterocycles. The fraction of sp³-hybridized carbons (Fsp3) is 0.611. The summed E-state index contributed by atoms with van der Waals surface area (Å²) in [6.45, 7) is 8.06. The maximum absolute atomic E-state index is 13.6. The maximum Gasteiger partial charge on any atom is 0.191 e. The number of nitrogens with one attached hydrogen (secondary N) is 2. The van der Waals surface area contributed by atoms with Gasteiger partial charge in [-0.1, -0.05) is 19.1 Å². The van der Waals surface area contributed by atoms with Crippen LogP contribution in [0.1, 0.15) is 37.3 Å². The van der Waals surface area contributed by atoms with Gasteiger partial charge in [0, 0.05) is 32.7 Å². The van der Waals surface area contributed by atoms with Crippen molar-refractivity contribution in [3.05, 3.63) is 35.1 Å². The SMILES string of the molecule is CCCN1CCC(NC(=NC)NCc2ccc(C)c(F)c2)CC1.I. The lowest BCUT2D eigenvalue weighted by Crippen LogP contribution is -2.48. The Bertz CT molecular complexity index is 528. The molecule has 136 valence electrons. The Morgan fingerprint density at radius 2 is 2.04 bits per heavy atom. The molecule has 2 N–H and O–H groups in total. The topological polar surface area (TPSA) is 39.7 Å². The molecule has 0 amide bonds. The van der Waals surface area contributed by atoms with E-state index >= 15 is 0 Å². The van der Waals surface area contributed by atoms with Crippen LogP contribution in [0.4, 0.5) is 4.39 Å². The van der Waals surface area contributed by atoms with Crippen molar-refractivity contribution < 1.29 is 4.39 Å². The van der Waals surface area contributed by atoms with E-state index in [1.54, 1.807) is 20.0 Å². The number of piperidine rings is 1. The van der Waals surface area contributed by atoms with Crippen LogP contribution in [0, 0.1) is 12.7 Å². The van der Waals surface area contributed by atoms with Gasteiger partial charge in [0.2, 0.25) is 0 Å². The van der Waals surface area contributed by atoms with Gasteiger partial charge in [-0.2, -0.15) is 0 Å². The van der Waals surface area contributed by atoms with E-state index in [0.717, 1.165) is 37.5 Å². The number of hydrogen-bond donors (Lipinski definition) is 2. The van der Waals surface area contributed by atoms with Crippen LogP contribution in [0.25, 0.3) is 0 Å². The number of aryl methyl sites for hydroxylation is 1. The first kappa shape index (κ1) is 21.2. The Morgan fingerprint density at radius 1 is 1.33 bits per heavy atom. The predicted octanol–water partition coefficient (Wildman–Crippen LogP) is 3.29. The van der Waals surface area contributed by atoms with Crippen LogP contribution in [0.15, 0.2) is 23.2 Å². The number of halogens is 2. The van der Waals surface area contributed by atoms with E-state index in [2.05, 4.69) is 27.4 Å². The average molecular weight is 448 g/mol. The van der Waals surface area contributed by atoms with Gasteiger partial charge in [0.25, 0.3) is 0 Å². The first-order chi connectivity index (χ1) is 11.1. The molecule has 0 aromatic heterocycles. The van der Waals surface area contributed by atoms with Gasteiger partial charge in [-0.25, -0.2) is 4.39 Å². The monoisotopic (exact) mass is 448 g/mol. The highest BCUT2D eigenvalue weighted by molar-refractivity contribution is 14.0. The highest BCUT2D eigenvalue weighted by Crippen LogP contribution is 2.11. The van der Waals surface area contributed by atoms with Crippen LogP contribution in [0.2, 0.25) is 0 Å². The third-order valence-corrected chi connectivity index (χ3v) is 4.39. The quantitative estimate of drug-likeness (QED) is 0.413. The van der Waals surface area contributed by atoms with Gasteiger partial charge < -0.3 is 15.5 Å². The molecule has 2 rings (SSSR count). The number of guanidine groups is 1. The lowest BCUT2D eigenvalue weighted by Gasteiger charge is -2.32. The minimum atomic E-state index is -0.157. The smallest absolute Gasteiger partial charge is 0.191 e. The Labute approximate surface area is 162 Å². The van der Waals surface area contributed by atoms with E-state index in [-0.39, 0.29) is 29.8 Å². The molecule has 1 aliphatic rings. The third kappa shape index (κ3) is 6.55. The van der Waals surface area contributed by atoms with Gasteiger partial charge >= 0.3 is 0 Å². The van der Waals surface area contributed by atoms with Crippen molar-refractivity contribution in [2.24, 2.45) is 4.99 Å². The van der Waals surface area contributed by atoms with Crippen molar-refractivity contribution in [1.82, 2.24) is 15.5 Å². The second-order valence-corrected chi connectivity index (χ2v) is 6.27. The van der Waals surface area contributed by atoms with E-state index in [1.165, 1.54) is 13.0 Å². The van der Waals surface area contributed by atoms with E-state index in [0.29, 0.717) is 18.2 Å². The maximum atomic E-state index is 13.6. The number of aliphatic imine (C=N–C) groups is 1. The van der Waals surface area contributed by atoms with Crippen LogP contribution in [0.5, 0.6) is 0 Å². The van der Waals surface area contributed by atoms with Crippen LogP contribution >= 0.6 is 24.0 Å². The molecule has 0 spiro atoms. The molecule has 0 unspecified atom stereocenters. The van der Waals surface area contributed by atoms with Crippen LogP contribution < -0.4 is 10.6 Å². The van der Waals surface area contributed by atoms with Gasteiger partial charge in [-0.05, 0) is 49.9 Å². The van der Waals surface area contributed by atoms with Gasteiger partial charge in [0.1, 0.15) is 5.82 Å². The predicted molar refractivity (Wildman–Crippen MR) is 110 cm³/mol. The van der Waals surface area contributed by atoms with Gasteiger partial charge in [-0.3, -0.25) is 4.99 Å². The normalized spacial score (nSPS) is 16.6. The first-order valence-corrected chi connectivity index (χ1v) is 8.57. The summed E-state index contributed by atoms with van der Waals surface area (Å²) in [4.78, 5) is 6.80. The minimum absolute atomic E-state index is 0. The van der Waals surface area contributed by atoms with Crippen molar-refractivity contribution in [2.45, 2.75) is 45.7 Å². The molecule has 24 heavy (non-hydrogen) atoms. The van der Waals surface area contributed by atoms with Crippen molar-refractivity contribution in [3.8, 4) is 0 Å². The minimum Gasteiger partial charge on any atom is -0.354 e. The van der Waals surface area contributed by atoms with Crippen LogP contribution in [-0.2, 0) is 6.54 Å². The molecule has 6 heteroatoms. The zero-order chi connectivity index (χ0) is 16.7. The lowest BCUT2D eigenvalue weighted by molar-refractivity contribution is 0.206. The van der Waals surface area contributed by atoms with Crippen molar-refractivity contribution in [1.29, 1.82) is 0 Å². The Balaban J connectivity index is 0.00000288. The summed E-state index contributed by atoms with van der Waals surface area (Å²) in [6.07, 6.45) is 3.49. The molecule has 0 bridgehead atoms. The highest BCUT2D eigenvalue weighted by atomic mass is 127. The lowest BCUT2D eigenvalue weighted by atomic mass is 10.1. The van der Waals surface area contributed by atoms with Gasteiger partial charge in [-0.15, -0.1) is 24.0 Å². The molecule has 4 nitrogen and oxygen atoms in total. The highest BCUT2D eigenvalue weighted by Gasteiger charge is 2.19. The molecule has 1 saturated heterocycles. The zero-order valence-corrected chi connectivity index (χ0v) is 17.3. The van der Waals surface area contributed by atoms with E-state index in [4.69, 9.17) is 0 Å². The van der Waals surface area contributed by atoms with Gasteiger partial charge in [0.05, 0.1) is 0 Å². The Morgan fingerprint density at radius 3 is 2.62 bits per heavy atom. The van der Waals surface area contributed by atoms with Crippen LogP contribution in [-0.4, -0.2) is 43.6 Å². The molecule has 1 fully saturated rings. The second kappa shape index (κ2) is 10.9. The van der Waals surface area contributed by atoms with Crippen molar-refractivity contribution >= 4 is 29.9 Å². The molecule has 0 aliphatic carbocycles. The Hall–Kier alpha value is -0.890. The number of benzene rings is 1. The summed E-state index contributed by atoms with van der Waals surface area (Å²) in [5, 5.41) is 6.76. The standard InChI is InChI=1S/C18H29FN4.HI/c1-4-9-23-10-7-16(8-11-23)22-18(20-3)21-13-15-6-5-14(2)17(19)12-15;/h5-6,12,16H,4,7-11,13H2,1-3H3,(H2,20,21,22);1H. The third-order valence-electron chi connectivity index (χ3n) is 4.39. The number of likely N-dealkylation sites (tertiary alicyclic amines) is 1. The summed E-state index contributed by atoms with van der Waals surface area (Å²) >= 11 is 0. The molecule has 0 saturated carbocycles. The molecule has 0 radical (unpaired) electrons. The largest absolute Gasteiger partial charge is 0.354 e. The first-order valence-electron chi connectivity index (χ1n) is 8.57. The number of rotatable bonds is 5. The second-order valence-electron chi connectivity index (χ2n) is 6.27. The molecule has 1 heterocycles. The zero-order valence-electron chi connectivity index (χ0n) is 14.9. The summed E-state index contributed by atoms with van der Waals surface area (Å²) in [6, 6.07) is 5.80. The summed E-state index contributed by atoms with van der Waals surface area (Å²) in [7, 11) is 1.78. The average Bonchev–Trinajstić information content (AvgIpc) is 2.56.